The Labute approximate surface area is 70.9 Å². The molecule has 0 aromatic rings. The minimum absolute atomic E-state index is 0.211. The van der Waals surface area contributed by atoms with Crippen LogP contribution in [0.15, 0.2) is 9.03 Å². The Hall–Kier alpha value is 0.430. The Bertz CT molecular complexity index is 233. The Morgan fingerprint density at radius 3 is 1.91 bits per heavy atom. The van der Waals surface area contributed by atoms with Crippen molar-refractivity contribution in [2.75, 3.05) is 33.3 Å². The fourth-order valence-electron chi connectivity index (χ4n) is 0.784. The fourth-order valence-corrected chi connectivity index (χ4v) is 7.38. The second-order valence-electron chi connectivity index (χ2n) is 2.89. The zero-order valence-electron chi connectivity index (χ0n) is 7.74. The summed E-state index contributed by atoms with van der Waals surface area (Å²) in [5, 5.41) is 7.35. The van der Waals surface area contributed by atoms with Crippen molar-refractivity contribution in [2.24, 2.45) is 9.03 Å². The van der Waals surface area contributed by atoms with Gasteiger partial charge in [-0.15, -0.1) is 0 Å². The summed E-state index contributed by atoms with van der Waals surface area (Å²) in [5.74, 6) is 0. The van der Waals surface area contributed by atoms with Gasteiger partial charge in [-0.1, -0.05) is 9.68 Å². The van der Waals surface area contributed by atoms with Crippen LogP contribution in [0.4, 0.5) is 0 Å². The van der Waals surface area contributed by atoms with E-state index in [0.29, 0.717) is 0 Å². The molecule has 0 heterocycles. The lowest BCUT2D eigenvalue weighted by Gasteiger charge is -1.95. The van der Waals surface area contributed by atoms with Gasteiger partial charge in [0.25, 0.3) is 0 Å². The van der Waals surface area contributed by atoms with E-state index in [1.165, 1.54) is 0 Å². The summed E-state index contributed by atoms with van der Waals surface area (Å²) in [4.78, 5) is 0. The van der Waals surface area contributed by atoms with E-state index in [1.807, 2.05) is 6.66 Å². The molecule has 64 valence electrons. The second-order valence-corrected chi connectivity index (χ2v) is 9.73. The molecule has 0 radical (unpaired) electrons. The quantitative estimate of drug-likeness (QED) is 0.669. The van der Waals surface area contributed by atoms with Crippen LogP contribution in [0.3, 0.4) is 0 Å². The molecule has 0 saturated carbocycles. The first-order valence-electron chi connectivity index (χ1n) is 3.26. The van der Waals surface area contributed by atoms with Gasteiger partial charge in [-0.2, -0.15) is 0 Å². The zero-order valence-corrected chi connectivity index (χ0v) is 10.4. The number of hydrogen-bond donors (Lipinski definition) is 1. The Morgan fingerprint density at radius 2 is 1.64 bits per heavy atom. The first-order valence-corrected chi connectivity index (χ1v) is 9.78. The van der Waals surface area contributed by atoms with Crippen LogP contribution < -0.4 is 0 Å². The van der Waals surface area contributed by atoms with Crippen LogP contribution >= 0.6 is 22.8 Å². The number of hydrogen-bond acceptors (Lipinski definition) is 1. The van der Waals surface area contributed by atoms with E-state index in [9.17, 15) is 0 Å². The van der Waals surface area contributed by atoms with Crippen molar-refractivity contribution in [1.82, 2.24) is 0 Å². The van der Waals surface area contributed by atoms with Gasteiger partial charge in [-0.05, 0) is 17.8 Å². The highest BCUT2D eigenvalue weighted by atomic mass is 31.2. The number of nitrogens with one attached hydrogen (secondary N) is 1. The average Bonchev–Trinajstić information content (AvgIpc) is 1.53. The Balaban J connectivity index is 4.73. The molecule has 6 heteroatoms. The van der Waals surface area contributed by atoms with Crippen molar-refractivity contribution in [1.29, 1.82) is 5.16 Å². The van der Waals surface area contributed by atoms with E-state index < -0.39 is 15.1 Å². The van der Waals surface area contributed by atoms with Crippen molar-refractivity contribution in [3.63, 3.8) is 0 Å². The number of nitrogens with zero attached hydrogens (tertiary/aromatic N) is 2. The van der Waals surface area contributed by atoms with Crippen molar-refractivity contribution in [3.8, 4) is 0 Å². The molecule has 0 spiro atoms. The minimum atomic E-state index is -1.43. The van der Waals surface area contributed by atoms with Crippen LogP contribution in [0.5, 0.6) is 0 Å². The number of rotatable bonds is 2. The maximum atomic E-state index is 7.35. The maximum absolute atomic E-state index is 7.35. The predicted molar refractivity (Wildman–Crippen MR) is 58.0 cm³/mol. The lowest BCUT2D eigenvalue weighted by atomic mass is 11.9. The first-order chi connectivity index (χ1) is 4.83. The Morgan fingerprint density at radius 1 is 1.18 bits per heavy atom. The molecule has 1 unspecified atom stereocenters. The summed E-state index contributed by atoms with van der Waals surface area (Å²) in [7, 11) is -2.52. The van der Waals surface area contributed by atoms with Crippen LogP contribution in [0.2, 0.25) is 0 Å². The maximum Gasteiger partial charge on any atom is 0.340 e. The monoisotopic (exact) mass is 211 g/mol. The van der Waals surface area contributed by atoms with Crippen LogP contribution in [0.25, 0.3) is 0 Å². The average molecular weight is 211 g/mol. The molecule has 11 heavy (non-hydrogen) atoms. The highest BCUT2D eigenvalue weighted by molar-refractivity contribution is 7.72. The van der Waals surface area contributed by atoms with Gasteiger partial charge in [0.15, 0.2) is 14.9 Å². The van der Waals surface area contributed by atoms with Gasteiger partial charge in [0.2, 0.25) is 0 Å². The van der Waals surface area contributed by atoms with Crippen molar-refractivity contribution in [2.45, 2.75) is 0 Å². The second kappa shape index (κ2) is 4.45. The van der Waals surface area contributed by atoms with E-state index >= 15 is 0 Å². The molecule has 0 fully saturated rings. The van der Waals surface area contributed by atoms with E-state index in [0.717, 1.165) is 0 Å². The molecule has 1 atom stereocenters. The normalized spacial score (nSPS) is 12.3. The lowest BCUT2D eigenvalue weighted by molar-refractivity contribution is 1.58. The lowest BCUT2D eigenvalue weighted by Crippen LogP contribution is -1.65. The largest absolute Gasteiger partial charge is 0.340 e. The summed E-state index contributed by atoms with van der Waals surface area (Å²) < 4.78 is 8.90. The molecular weight excluding hydrogens is 195 g/mol. The highest BCUT2D eigenvalue weighted by Crippen LogP contribution is 2.52. The van der Waals surface area contributed by atoms with Gasteiger partial charge in [0.1, 0.15) is 20.0 Å². The van der Waals surface area contributed by atoms with Gasteiger partial charge < -0.3 is 0 Å². The van der Waals surface area contributed by atoms with Gasteiger partial charge in [0.05, 0.1) is 0 Å². The molecule has 0 aromatic heterocycles. The first kappa shape index (κ1) is 11.4. The fraction of sp³-hybridized carbons (Fsp3) is 1.00. The van der Waals surface area contributed by atoms with Crippen molar-refractivity contribution >= 4 is 22.8 Å². The summed E-state index contributed by atoms with van der Waals surface area (Å²) >= 11 is 0. The third kappa shape index (κ3) is 6.81. The molecule has 0 aliphatic carbocycles. The van der Waals surface area contributed by atoms with Gasteiger partial charge in [-0.3, -0.25) is 0 Å². The van der Waals surface area contributed by atoms with Crippen molar-refractivity contribution < 1.29 is 0 Å². The van der Waals surface area contributed by atoms with E-state index in [2.05, 4.69) is 35.7 Å². The predicted octanol–water partition coefficient (Wildman–Crippen LogP) is 4.08. The van der Waals surface area contributed by atoms with Crippen LogP contribution in [-0.4, -0.2) is 33.3 Å². The zero-order chi connectivity index (χ0) is 9.07. The van der Waals surface area contributed by atoms with E-state index in [1.54, 1.807) is 0 Å². The summed E-state index contributed by atoms with van der Waals surface area (Å²) in [6, 6.07) is 0. The van der Waals surface area contributed by atoms with Crippen LogP contribution in [-0.2, 0) is 0 Å². The SMILES string of the molecule is C[P+](=N)N=P(C)(C)N=[P+](C)C. The van der Waals surface area contributed by atoms with Crippen LogP contribution in [0, 0.1) is 5.16 Å². The van der Waals surface area contributed by atoms with Crippen LogP contribution in [0.1, 0.15) is 0 Å². The molecule has 0 rings (SSSR count). The molecule has 0 aliphatic heterocycles. The van der Waals surface area contributed by atoms with Gasteiger partial charge in [-0.25, -0.2) is 0 Å². The van der Waals surface area contributed by atoms with Gasteiger partial charge in [0, 0.05) is 0 Å². The summed E-state index contributed by atoms with van der Waals surface area (Å²) in [6.07, 6.45) is 0. The molecule has 0 amide bonds. The molecular formula is C5H16N3P3+2. The van der Waals surface area contributed by atoms with E-state index in [-0.39, 0.29) is 7.71 Å². The highest BCUT2D eigenvalue weighted by Gasteiger charge is 2.13. The molecule has 0 aliphatic rings. The molecule has 1 N–H and O–H groups in total. The minimum Gasteiger partial charge on any atom is -0.0999 e. The smallest absolute Gasteiger partial charge is 0.0999 e. The van der Waals surface area contributed by atoms with Gasteiger partial charge >= 0.3 is 7.86 Å². The third-order valence-corrected chi connectivity index (χ3v) is 6.76. The molecule has 0 bridgehead atoms. The Kier molecular flexibility index (Phi) is 4.63. The third-order valence-electron chi connectivity index (χ3n) is 0.751. The van der Waals surface area contributed by atoms with Crippen molar-refractivity contribution in [3.05, 3.63) is 0 Å². The standard InChI is InChI=1S/C5H16N3P3/c1-9(2)7-11(4,5)8-10(3)6/h6H,1-5H3/q+2. The van der Waals surface area contributed by atoms with E-state index in [4.69, 9.17) is 5.16 Å². The summed E-state index contributed by atoms with van der Waals surface area (Å²) in [6.45, 7) is 10.2. The molecule has 0 saturated heterocycles. The molecule has 3 nitrogen and oxygen atoms in total. The molecule has 0 aromatic carbocycles. The summed E-state index contributed by atoms with van der Waals surface area (Å²) in [5.41, 5.74) is 0. The topological polar surface area (TPSA) is 48.6 Å².